The molecule has 2 aromatic rings. The standard InChI is InChI=1S/C21H25N3O3S/c25-21(17-8-10-19(11-9-17)23-12-1-2-13-23)22-18-6-5-7-20(16-18)28(26,27)24-14-3-4-15-24/h5-11,16H,1-4,12-15H2,(H,22,25). The molecule has 2 heterocycles. The van der Waals surface area contributed by atoms with Crippen molar-refractivity contribution in [2.45, 2.75) is 30.6 Å². The van der Waals surface area contributed by atoms with Crippen molar-refractivity contribution in [2.75, 3.05) is 36.4 Å². The van der Waals surface area contributed by atoms with Gasteiger partial charge in [-0.25, -0.2) is 8.42 Å². The van der Waals surface area contributed by atoms with Gasteiger partial charge in [0.25, 0.3) is 5.91 Å². The van der Waals surface area contributed by atoms with Gasteiger partial charge in [-0.3, -0.25) is 4.79 Å². The Hall–Kier alpha value is -2.38. The largest absolute Gasteiger partial charge is 0.372 e. The predicted octanol–water partition coefficient (Wildman–Crippen LogP) is 3.32. The Labute approximate surface area is 166 Å². The Morgan fingerprint density at radius 3 is 2.18 bits per heavy atom. The molecule has 0 atom stereocenters. The van der Waals surface area contributed by atoms with Crippen LogP contribution in [0, 0.1) is 0 Å². The minimum absolute atomic E-state index is 0.219. The molecule has 0 aromatic heterocycles. The topological polar surface area (TPSA) is 69.7 Å². The number of hydrogen-bond donors (Lipinski definition) is 1. The van der Waals surface area contributed by atoms with Gasteiger partial charge >= 0.3 is 0 Å². The maximum absolute atomic E-state index is 12.7. The summed E-state index contributed by atoms with van der Waals surface area (Å²) in [5.41, 5.74) is 2.16. The molecule has 0 unspecified atom stereocenters. The van der Waals surface area contributed by atoms with Crippen LogP contribution in [-0.2, 0) is 10.0 Å². The molecule has 0 saturated carbocycles. The van der Waals surface area contributed by atoms with Gasteiger partial charge in [-0.05, 0) is 68.1 Å². The van der Waals surface area contributed by atoms with Crippen LogP contribution < -0.4 is 10.2 Å². The second-order valence-corrected chi connectivity index (χ2v) is 9.27. The minimum Gasteiger partial charge on any atom is -0.372 e. The number of amides is 1. The lowest BCUT2D eigenvalue weighted by Crippen LogP contribution is -2.27. The number of nitrogens with one attached hydrogen (secondary N) is 1. The number of nitrogens with zero attached hydrogens (tertiary/aromatic N) is 2. The van der Waals surface area contributed by atoms with Gasteiger partial charge in [0, 0.05) is 43.1 Å². The number of sulfonamides is 1. The number of hydrogen-bond acceptors (Lipinski definition) is 4. The van der Waals surface area contributed by atoms with E-state index in [9.17, 15) is 13.2 Å². The smallest absolute Gasteiger partial charge is 0.255 e. The van der Waals surface area contributed by atoms with Gasteiger partial charge in [-0.2, -0.15) is 4.31 Å². The molecular weight excluding hydrogens is 374 g/mol. The predicted molar refractivity (Wildman–Crippen MR) is 110 cm³/mol. The highest BCUT2D eigenvalue weighted by molar-refractivity contribution is 7.89. The fraction of sp³-hybridized carbons (Fsp3) is 0.381. The van der Waals surface area contributed by atoms with Crippen LogP contribution in [0.25, 0.3) is 0 Å². The molecule has 6 nitrogen and oxygen atoms in total. The first-order chi connectivity index (χ1) is 13.5. The number of anilines is 2. The normalized spacial score (nSPS) is 17.8. The summed E-state index contributed by atoms with van der Waals surface area (Å²) in [4.78, 5) is 15.1. The fourth-order valence-corrected chi connectivity index (χ4v) is 5.38. The Bertz CT molecular complexity index is 945. The van der Waals surface area contributed by atoms with Gasteiger partial charge in [0.15, 0.2) is 0 Å². The van der Waals surface area contributed by atoms with Crippen LogP contribution in [0.3, 0.4) is 0 Å². The highest BCUT2D eigenvalue weighted by Gasteiger charge is 2.27. The highest BCUT2D eigenvalue weighted by atomic mass is 32.2. The van der Waals surface area contributed by atoms with Crippen LogP contribution in [0.2, 0.25) is 0 Å². The zero-order chi connectivity index (χ0) is 19.6. The van der Waals surface area contributed by atoms with E-state index in [4.69, 9.17) is 0 Å². The van der Waals surface area contributed by atoms with Crippen LogP contribution in [-0.4, -0.2) is 44.8 Å². The van der Waals surface area contributed by atoms with Crippen LogP contribution in [0.1, 0.15) is 36.0 Å². The van der Waals surface area contributed by atoms with Crippen molar-refractivity contribution in [1.29, 1.82) is 0 Å². The molecule has 1 N–H and O–H groups in total. The van der Waals surface area contributed by atoms with Crippen molar-refractivity contribution >= 4 is 27.3 Å². The third kappa shape index (κ3) is 3.91. The van der Waals surface area contributed by atoms with Crippen molar-refractivity contribution in [1.82, 2.24) is 4.31 Å². The summed E-state index contributed by atoms with van der Waals surface area (Å²) < 4.78 is 26.9. The lowest BCUT2D eigenvalue weighted by atomic mass is 10.1. The van der Waals surface area contributed by atoms with E-state index in [0.717, 1.165) is 31.6 Å². The molecule has 0 bridgehead atoms. The average molecular weight is 400 g/mol. The summed E-state index contributed by atoms with van der Waals surface area (Å²) in [6.45, 7) is 3.23. The Kier molecular flexibility index (Phi) is 5.37. The summed E-state index contributed by atoms with van der Waals surface area (Å²) >= 11 is 0. The monoisotopic (exact) mass is 399 g/mol. The fourth-order valence-electron chi connectivity index (χ4n) is 3.81. The molecule has 0 spiro atoms. The van der Waals surface area contributed by atoms with Crippen molar-refractivity contribution in [3.05, 3.63) is 54.1 Å². The molecule has 0 aliphatic carbocycles. The van der Waals surface area contributed by atoms with Crippen molar-refractivity contribution in [3.63, 3.8) is 0 Å². The van der Waals surface area contributed by atoms with Gasteiger partial charge in [0.2, 0.25) is 10.0 Å². The zero-order valence-electron chi connectivity index (χ0n) is 15.8. The summed E-state index contributed by atoms with van der Waals surface area (Å²) in [5, 5.41) is 2.81. The molecule has 2 fully saturated rings. The summed E-state index contributed by atoms with van der Waals surface area (Å²) in [7, 11) is -3.50. The lowest BCUT2D eigenvalue weighted by molar-refractivity contribution is 0.102. The minimum atomic E-state index is -3.50. The van der Waals surface area contributed by atoms with E-state index in [0.29, 0.717) is 24.3 Å². The van der Waals surface area contributed by atoms with Crippen LogP contribution in [0.15, 0.2) is 53.4 Å². The Morgan fingerprint density at radius 2 is 1.50 bits per heavy atom. The number of benzene rings is 2. The molecule has 7 heteroatoms. The summed E-state index contributed by atoms with van der Waals surface area (Å²) in [6, 6.07) is 14.0. The molecule has 148 valence electrons. The molecule has 2 aromatic carbocycles. The van der Waals surface area contributed by atoms with E-state index in [2.05, 4.69) is 10.2 Å². The Morgan fingerprint density at radius 1 is 0.857 bits per heavy atom. The van der Waals surface area contributed by atoms with E-state index in [1.54, 1.807) is 18.2 Å². The Balaban J connectivity index is 1.47. The molecule has 28 heavy (non-hydrogen) atoms. The van der Waals surface area contributed by atoms with E-state index in [-0.39, 0.29) is 10.8 Å². The van der Waals surface area contributed by atoms with Crippen LogP contribution in [0.5, 0.6) is 0 Å². The van der Waals surface area contributed by atoms with Gasteiger partial charge in [0.1, 0.15) is 0 Å². The molecule has 0 radical (unpaired) electrons. The van der Waals surface area contributed by atoms with E-state index >= 15 is 0 Å². The van der Waals surface area contributed by atoms with Crippen molar-refractivity contribution in [3.8, 4) is 0 Å². The maximum atomic E-state index is 12.7. The number of carbonyl (C=O) groups excluding carboxylic acids is 1. The van der Waals surface area contributed by atoms with Crippen LogP contribution in [0.4, 0.5) is 11.4 Å². The summed E-state index contributed by atoms with van der Waals surface area (Å²) in [6.07, 6.45) is 4.20. The molecule has 2 aliphatic rings. The first-order valence-electron chi connectivity index (χ1n) is 9.81. The summed E-state index contributed by atoms with van der Waals surface area (Å²) in [5.74, 6) is -0.247. The maximum Gasteiger partial charge on any atom is 0.255 e. The SMILES string of the molecule is O=C(Nc1cccc(S(=O)(=O)N2CCCC2)c1)c1ccc(N2CCCC2)cc1. The van der Waals surface area contributed by atoms with Crippen molar-refractivity contribution in [2.24, 2.45) is 0 Å². The number of rotatable bonds is 5. The average Bonchev–Trinajstić information content (AvgIpc) is 3.42. The second-order valence-electron chi connectivity index (χ2n) is 7.33. The molecule has 2 aliphatic heterocycles. The van der Waals surface area contributed by atoms with Gasteiger partial charge in [-0.15, -0.1) is 0 Å². The van der Waals surface area contributed by atoms with Gasteiger partial charge in [-0.1, -0.05) is 6.07 Å². The first kappa shape index (κ1) is 19.0. The van der Waals surface area contributed by atoms with Crippen LogP contribution >= 0.6 is 0 Å². The highest BCUT2D eigenvalue weighted by Crippen LogP contribution is 2.24. The lowest BCUT2D eigenvalue weighted by Gasteiger charge is -2.18. The van der Waals surface area contributed by atoms with Gasteiger partial charge in [0.05, 0.1) is 4.90 Å². The quantitative estimate of drug-likeness (QED) is 0.837. The van der Waals surface area contributed by atoms with Crippen molar-refractivity contribution < 1.29 is 13.2 Å². The third-order valence-corrected chi connectivity index (χ3v) is 7.29. The second kappa shape index (κ2) is 7.93. The zero-order valence-corrected chi connectivity index (χ0v) is 16.6. The van der Waals surface area contributed by atoms with Gasteiger partial charge < -0.3 is 10.2 Å². The molecular formula is C21H25N3O3S. The third-order valence-electron chi connectivity index (χ3n) is 5.40. The number of carbonyl (C=O) groups is 1. The van der Waals surface area contributed by atoms with E-state index in [1.165, 1.54) is 23.2 Å². The molecule has 1 amide bonds. The molecule has 4 rings (SSSR count). The molecule has 2 saturated heterocycles. The van der Waals surface area contributed by atoms with E-state index in [1.807, 2.05) is 24.3 Å². The first-order valence-corrected chi connectivity index (χ1v) is 11.2. The van der Waals surface area contributed by atoms with E-state index < -0.39 is 10.0 Å².